The summed E-state index contributed by atoms with van der Waals surface area (Å²) in [7, 11) is 0. The van der Waals surface area contributed by atoms with E-state index in [0.717, 1.165) is 5.56 Å². The summed E-state index contributed by atoms with van der Waals surface area (Å²) in [6.45, 7) is 0.00262. The van der Waals surface area contributed by atoms with E-state index in [1.54, 1.807) is 30.3 Å². The number of anilines is 1. The molecule has 0 unspecified atom stereocenters. The number of carbonyl (C=O) groups is 3. The predicted octanol–water partition coefficient (Wildman–Crippen LogP) is 3.79. The van der Waals surface area contributed by atoms with E-state index in [0.29, 0.717) is 29.3 Å². The third-order valence-electron chi connectivity index (χ3n) is 5.71. The van der Waals surface area contributed by atoms with Crippen molar-refractivity contribution in [3.63, 3.8) is 0 Å². The van der Waals surface area contributed by atoms with Gasteiger partial charge in [0, 0.05) is 12.1 Å². The number of para-hydroxylation sites is 1. The lowest BCUT2D eigenvalue weighted by atomic mass is 10.1. The molecule has 0 atom stereocenters. The van der Waals surface area contributed by atoms with Crippen LogP contribution in [0, 0.1) is 0 Å². The number of amides is 2. The number of ketones is 1. The van der Waals surface area contributed by atoms with Gasteiger partial charge in [0.05, 0.1) is 5.69 Å². The SMILES string of the molecule is O=C(COc1ccccc1)c1ccc2c(c1)N(Cc1nc(C(=O)NCc3ccccc3)co1)C(=O)CO2. The average Bonchev–Trinajstić information content (AvgIpc) is 3.41. The molecule has 9 heteroatoms. The van der Waals surface area contributed by atoms with Crippen molar-refractivity contribution in [1.82, 2.24) is 10.3 Å². The van der Waals surface area contributed by atoms with Crippen molar-refractivity contribution in [2.45, 2.75) is 13.1 Å². The number of ether oxygens (including phenoxy) is 2. The third-order valence-corrected chi connectivity index (χ3v) is 5.71. The van der Waals surface area contributed by atoms with Crippen LogP contribution >= 0.6 is 0 Å². The molecular weight excluding hydrogens is 474 g/mol. The summed E-state index contributed by atoms with van der Waals surface area (Å²) >= 11 is 0. The monoisotopic (exact) mass is 497 g/mol. The predicted molar refractivity (Wildman–Crippen MR) is 134 cm³/mol. The number of hydrogen-bond acceptors (Lipinski definition) is 7. The van der Waals surface area contributed by atoms with Crippen molar-refractivity contribution in [2.75, 3.05) is 18.1 Å². The molecule has 0 saturated carbocycles. The molecule has 0 aliphatic carbocycles. The fourth-order valence-corrected chi connectivity index (χ4v) is 3.79. The van der Waals surface area contributed by atoms with Gasteiger partial charge in [-0.15, -0.1) is 0 Å². The lowest BCUT2D eigenvalue weighted by Gasteiger charge is -2.28. The van der Waals surface area contributed by atoms with Gasteiger partial charge in [-0.1, -0.05) is 48.5 Å². The molecule has 1 aromatic heterocycles. The molecule has 0 spiro atoms. The Morgan fingerprint density at radius 2 is 1.76 bits per heavy atom. The number of fused-ring (bicyclic) bond motifs is 1. The largest absolute Gasteiger partial charge is 0.485 e. The number of nitrogens with one attached hydrogen (secondary N) is 1. The summed E-state index contributed by atoms with van der Waals surface area (Å²) in [6, 6.07) is 23.4. The topological polar surface area (TPSA) is 111 Å². The Balaban J connectivity index is 1.27. The summed E-state index contributed by atoms with van der Waals surface area (Å²) in [5.74, 6) is 0.243. The van der Waals surface area contributed by atoms with Crippen molar-refractivity contribution in [2.24, 2.45) is 0 Å². The first-order valence-electron chi connectivity index (χ1n) is 11.6. The Morgan fingerprint density at radius 3 is 2.54 bits per heavy atom. The first-order valence-corrected chi connectivity index (χ1v) is 11.6. The molecule has 0 fully saturated rings. The molecule has 37 heavy (non-hydrogen) atoms. The molecule has 186 valence electrons. The molecular formula is C28H23N3O6. The van der Waals surface area contributed by atoms with Gasteiger partial charge in [0.1, 0.15) is 24.3 Å². The minimum atomic E-state index is -0.390. The normalized spacial score (nSPS) is 12.4. The standard InChI is InChI=1S/C28H23N3O6/c32-24(17-35-21-9-5-2-6-10-21)20-11-12-25-23(13-20)31(27(33)18-36-25)15-26-30-22(16-37-26)28(34)29-14-19-7-3-1-4-8-19/h1-13,16H,14-15,17-18H2,(H,29,34). The van der Waals surface area contributed by atoms with E-state index in [1.165, 1.54) is 11.2 Å². The Morgan fingerprint density at radius 1 is 1.00 bits per heavy atom. The van der Waals surface area contributed by atoms with Crippen molar-refractivity contribution < 1.29 is 28.3 Å². The van der Waals surface area contributed by atoms with E-state index in [9.17, 15) is 14.4 Å². The molecule has 1 aliphatic heterocycles. The molecule has 9 nitrogen and oxygen atoms in total. The minimum Gasteiger partial charge on any atom is -0.485 e. The quantitative estimate of drug-likeness (QED) is 0.350. The van der Waals surface area contributed by atoms with E-state index in [2.05, 4.69) is 10.3 Å². The molecule has 1 aliphatic rings. The van der Waals surface area contributed by atoms with Crippen molar-refractivity contribution >= 4 is 23.3 Å². The zero-order valence-electron chi connectivity index (χ0n) is 19.8. The van der Waals surface area contributed by atoms with Crippen LogP contribution in [0.3, 0.4) is 0 Å². The third kappa shape index (κ3) is 5.67. The van der Waals surface area contributed by atoms with Crippen LogP contribution in [-0.2, 0) is 17.9 Å². The molecule has 5 rings (SSSR count). The van der Waals surface area contributed by atoms with Crippen LogP contribution in [0.2, 0.25) is 0 Å². The van der Waals surface area contributed by atoms with Crippen LogP contribution < -0.4 is 19.7 Å². The fourth-order valence-electron chi connectivity index (χ4n) is 3.79. The number of benzene rings is 3. The second kappa shape index (κ2) is 10.8. The van der Waals surface area contributed by atoms with Crippen LogP contribution in [0.1, 0.15) is 32.3 Å². The van der Waals surface area contributed by atoms with E-state index in [-0.39, 0.29) is 48.9 Å². The van der Waals surface area contributed by atoms with Crippen LogP contribution in [-0.4, -0.2) is 35.8 Å². The van der Waals surface area contributed by atoms with Crippen molar-refractivity contribution in [3.05, 3.63) is 108 Å². The van der Waals surface area contributed by atoms with Gasteiger partial charge in [0.2, 0.25) is 5.89 Å². The average molecular weight is 498 g/mol. The molecule has 1 N–H and O–H groups in total. The van der Waals surface area contributed by atoms with E-state index in [4.69, 9.17) is 13.9 Å². The zero-order valence-corrected chi connectivity index (χ0v) is 19.8. The molecule has 0 saturated heterocycles. The lowest BCUT2D eigenvalue weighted by molar-refractivity contribution is -0.121. The highest BCUT2D eigenvalue weighted by molar-refractivity contribution is 6.02. The van der Waals surface area contributed by atoms with Gasteiger partial charge >= 0.3 is 0 Å². The molecule has 2 heterocycles. The van der Waals surface area contributed by atoms with Gasteiger partial charge in [-0.2, -0.15) is 0 Å². The van der Waals surface area contributed by atoms with E-state index >= 15 is 0 Å². The van der Waals surface area contributed by atoms with Crippen LogP contribution in [0.15, 0.2) is 89.5 Å². The number of hydrogen-bond donors (Lipinski definition) is 1. The summed E-state index contributed by atoms with van der Waals surface area (Å²) in [4.78, 5) is 43.6. The molecule has 0 radical (unpaired) electrons. The number of Topliss-reactive ketones (excluding diaryl/α,β-unsaturated/α-hetero) is 1. The molecule has 4 aromatic rings. The number of oxazole rings is 1. The van der Waals surface area contributed by atoms with Gasteiger partial charge in [0.15, 0.2) is 24.7 Å². The highest BCUT2D eigenvalue weighted by atomic mass is 16.5. The van der Waals surface area contributed by atoms with Crippen molar-refractivity contribution in [1.29, 1.82) is 0 Å². The maximum Gasteiger partial charge on any atom is 0.273 e. The summed E-state index contributed by atoms with van der Waals surface area (Å²) in [6.07, 6.45) is 1.25. The van der Waals surface area contributed by atoms with Crippen LogP contribution in [0.25, 0.3) is 0 Å². The highest BCUT2D eigenvalue weighted by Crippen LogP contribution is 2.34. The molecule has 0 bridgehead atoms. The van der Waals surface area contributed by atoms with Crippen LogP contribution in [0.4, 0.5) is 5.69 Å². The highest BCUT2D eigenvalue weighted by Gasteiger charge is 2.28. The van der Waals surface area contributed by atoms with Gasteiger partial charge in [-0.05, 0) is 35.9 Å². The van der Waals surface area contributed by atoms with Crippen molar-refractivity contribution in [3.8, 4) is 11.5 Å². The van der Waals surface area contributed by atoms with E-state index in [1.807, 2.05) is 48.5 Å². The van der Waals surface area contributed by atoms with Gasteiger partial charge in [-0.25, -0.2) is 4.98 Å². The Bertz CT molecular complexity index is 1420. The maximum atomic E-state index is 12.7. The maximum absolute atomic E-state index is 12.7. The number of carbonyl (C=O) groups excluding carboxylic acids is 3. The number of nitrogens with zero attached hydrogens (tertiary/aromatic N) is 2. The zero-order chi connectivity index (χ0) is 25.6. The number of aromatic nitrogens is 1. The van der Waals surface area contributed by atoms with Crippen LogP contribution in [0.5, 0.6) is 11.5 Å². The second-order valence-corrected chi connectivity index (χ2v) is 8.27. The fraction of sp³-hybridized carbons (Fsp3) is 0.143. The number of rotatable bonds is 9. The van der Waals surface area contributed by atoms with Gasteiger partial charge in [0.25, 0.3) is 11.8 Å². The molecule has 3 aromatic carbocycles. The summed E-state index contributed by atoms with van der Waals surface area (Å²) in [5, 5.41) is 2.79. The van der Waals surface area contributed by atoms with Gasteiger partial charge < -0.3 is 19.2 Å². The lowest BCUT2D eigenvalue weighted by Crippen LogP contribution is -2.38. The van der Waals surface area contributed by atoms with Gasteiger partial charge in [-0.3, -0.25) is 19.3 Å². The minimum absolute atomic E-state index is 0.0285. The summed E-state index contributed by atoms with van der Waals surface area (Å²) < 4.78 is 16.6. The Labute approximate surface area is 212 Å². The smallest absolute Gasteiger partial charge is 0.273 e. The molecule has 2 amide bonds. The Kier molecular flexibility index (Phi) is 6.93. The van der Waals surface area contributed by atoms with E-state index < -0.39 is 0 Å². The first-order chi connectivity index (χ1) is 18.1. The Hall–Kier alpha value is -4.92. The second-order valence-electron chi connectivity index (χ2n) is 8.27. The first kappa shape index (κ1) is 23.8. The summed E-state index contributed by atoms with van der Waals surface area (Å²) in [5.41, 5.74) is 1.84.